The lowest BCUT2D eigenvalue weighted by atomic mass is 10.2. The standard InChI is InChI=1S/C20H36N4O3S/c1-4-7-8-9-18(25)22-11-12-23(19(26)5-2)13-14-24(20(27)6-3)15-17-28-16-10-21/h1H,5-17,21H2,2-3H3,(H,22,25). The molecular formula is C20H36N4O3S. The molecule has 0 aliphatic rings. The summed E-state index contributed by atoms with van der Waals surface area (Å²) in [7, 11) is 0. The fourth-order valence-corrected chi connectivity index (χ4v) is 3.26. The van der Waals surface area contributed by atoms with Crippen LogP contribution in [0.4, 0.5) is 0 Å². The number of nitrogens with two attached hydrogens (primary N) is 1. The zero-order valence-electron chi connectivity index (χ0n) is 17.4. The van der Waals surface area contributed by atoms with E-state index in [2.05, 4.69) is 11.2 Å². The van der Waals surface area contributed by atoms with Crippen molar-refractivity contribution in [2.75, 3.05) is 50.8 Å². The predicted octanol–water partition coefficient (Wildman–Crippen LogP) is 1.08. The molecule has 0 radical (unpaired) electrons. The second kappa shape index (κ2) is 17.4. The predicted molar refractivity (Wildman–Crippen MR) is 116 cm³/mol. The summed E-state index contributed by atoms with van der Waals surface area (Å²) in [5.41, 5.74) is 5.50. The molecule has 0 aromatic carbocycles. The average Bonchev–Trinajstić information content (AvgIpc) is 2.70. The first-order chi connectivity index (χ1) is 13.5. The summed E-state index contributed by atoms with van der Waals surface area (Å²) in [5.74, 6) is 4.25. The van der Waals surface area contributed by atoms with E-state index < -0.39 is 0 Å². The van der Waals surface area contributed by atoms with Gasteiger partial charge in [-0.1, -0.05) is 13.8 Å². The van der Waals surface area contributed by atoms with E-state index in [1.807, 2.05) is 13.8 Å². The Balaban J connectivity index is 4.49. The maximum Gasteiger partial charge on any atom is 0.222 e. The second-order valence-corrected chi connectivity index (χ2v) is 7.50. The lowest BCUT2D eigenvalue weighted by Gasteiger charge is -2.28. The number of terminal acetylenes is 1. The summed E-state index contributed by atoms with van der Waals surface area (Å²) < 4.78 is 0. The van der Waals surface area contributed by atoms with Crippen LogP contribution in [0.2, 0.25) is 0 Å². The zero-order valence-corrected chi connectivity index (χ0v) is 18.2. The highest BCUT2D eigenvalue weighted by Crippen LogP contribution is 2.03. The lowest BCUT2D eigenvalue weighted by Crippen LogP contribution is -2.44. The van der Waals surface area contributed by atoms with Crippen molar-refractivity contribution in [3.05, 3.63) is 0 Å². The number of carbonyl (C=O) groups is 3. The van der Waals surface area contributed by atoms with Gasteiger partial charge in [0.1, 0.15) is 0 Å². The molecule has 0 fully saturated rings. The van der Waals surface area contributed by atoms with Crippen molar-refractivity contribution in [1.82, 2.24) is 15.1 Å². The summed E-state index contributed by atoms with van der Waals surface area (Å²) in [6, 6.07) is 0. The SMILES string of the molecule is C#CCCCC(=O)NCCN(CCN(CCSCCN)C(=O)CC)C(=O)CC. The third kappa shape index (κ3) is 12.6. The molecule has 0 aliphatic heterocycles. The van der Waals surface area contributed by atoms with Crippen molar-refractivity contribution in [2.45, 2.75) is 46.0 Å². The van der Waals surface area contributed by atoms with Gasteiger partial charge in [0.15, 0.2) is 0 Å². The van der Waals surface area contributed by atoms with Gasteiger partial charge in [-0.2, -0.15) is 11.8 Å². The highest BCUT2D eigenvalue weighted by Gasteiger charge is 2.16. The van der Waals surface area contributed by atoms with Crippen molar-refractivity contribution in [2.24, 2.45) is 5.73 Å². The van der Waals surface area contributed by atoms with Gasteiger partial charge >= 0.3 is 0 Å². The van der Waals surface area contributed by atoms with Crippen molar-refractivity contribution in [1.29, 1.82) is 0 Å². The van der Waals surface area contributed by atoms with Crippen LogP contribution in [-0.2, 0) is 14.4 Å². The second-order valence-electron chi connectivity index (χ2n) is 6.28. The van der Waals surface area contributed by atoms with E-state index in [9.17, 15) is 14.4 Å². The van der Waals surface area contributed by atoms with Crippen LogP contribution < -0.4 is 11.1 Å². The monoisotopic (exact) mass is 412 g/mol. The van der Waals surface area contributed by atoms with E-state index in [-0.39, 0.29) is 17.7 Å². The molecule has 0 unspecified atom stereocenters. The number of rotatable bonds is 16. The molecule has 0 saturated heterocycles. The summed E-state index contributed by atoms with van der Waals surface area (Å²) >= 11 is 1.72. The number of thioether (sulfide) groups is 1. The normalized spacial score (nSPS) is 10.2. The number of carbonyl (C=O) groups excluding carboxylic acids is 3. The van der Waals surface area contributed by atoms with Crippen LogP contribution in [0.3, 0.4) is 0 Å². The van der Waals surface area contributed by atoms with Crippen LogP contribution in [0.15, 0.2) is 0 Å². The minimum atomic E-state index is -0.0566. The zero-order chi connectivity index (χ0) is 21.2. The molecule has 8 heteroatoms. The molecule has 0 aromatic heterocycles. The topological polar surface area (TPSA) is 95.7 Å². The fourth-order valence-electron chi connectivity index (χ4n) is 2.54. The first-order valence-corrected chi connectivity index (χ1v) is 11.2. The van der Waals surface area contributed by atoms with E-state index in [1.54, 1.807) is 21.6 Å². The van der Waals surface area contributed by atoms with Gasteiger partial charge in [-0.25, -0.2) is 0 Å². The smallest absolute Gasteiger partial charge is 0.222 e. The summed E-state index contributed by atoms with van der Waals surface area (Å²) in [5, 5.41) is 2.82. The molecule has 0 rings (SSSR count). The summed E-state index contributed by atoms with van der Waals surface area (Å²) in [6.45, 7) is 6.72. The molecule has 0 aliphatic carbocycles. The number of nitrogens with one attached hydrogen (secondary N) is 1. The lowest BCUT2D eigenvalue weighted by molar-refractivity contribution is -0.134. The maximum absolute atomic E-state index is 12.2. The third-order valence-corrected chi connectivity index (χ3v) is 5.14. The van der Waals surface area contributed by atoms with Gasteiger partial charge in [-0.3, -0.25) is 14.4 Å². The van der Waals surface area contributed by atoms with Gasteiger partial charge in [0, 0.05) is 76.5 Å². The molecule has 0 saturated carbocycles. The molecule has 0 atom stereocenters. The molecule has 0 aromatic rings. The number of nitrogens with zero attached hydrogens (tertiary/aromatic N) is 2. The average molecular weight is 413 g/mol. The van der Waals surface area contributed by atoms with Crippen LogP contribution in [0.1, 0.15) is 46.0 Å². The first-order valence-electron chi connectivity index (χ1n) is 10.0. The number of unbranched alkanes of at least 4 members (excludes halogenated alkanes) is 1. The van der Waals surface area contributed by atoms with E-state index in [4.69, 9.17) is 12.2 Å². The number of amides is 3. The Hall–Kier alpha value is -1.72. The van der Waals surface area contributed by atoms with E-state index >= 15 is 0 Å². The van der Waals surface area contributed by atoms with Crippen molar-refractivity contribution in [3.8, 4) is 12.3 Å². The molecule has 0 spiro atoms. The van der Waals surface area contributed by atoms with Gasteiger partial charge < -0.3 is 20.9 Å². The summed E-state index contributed by atoms with van der Waals surface area (Å²) in [6.07, 6.45) is 7.65. The van der Waals surface area contributed by atoms with Gasteiger partial charge in [-0.15, -0.1) is 12.3 Å². The van der Waals surface area contributed by atoms with Crippen LogP contribution in [0.25, 0.3) is 0 Å². The largest absolute Gasteiger partial charge is 0.354 e. The highest BCUT2D eigenvalue weighted by atomic mass is 32.2. The fraction of sp³-hybridized carbons (Fsp3) is 0.750. The van der Waals surface area contributed by atoms with Gasteiger partial charge in [0.2, 0.25) is 17.7 Å². The first kappa shape index (κ1) is 26.3. The molecular weight excluding hydrogens is 376 g/mol. The molecule has 7 nitrogen and oxygen atoms in total. The van der Waals surface area contributed by atoms with Gasteiger partial charge in [0.25, 0.3) is 0 Å². The number of hydrogen-bond acceptors (Lipinski definition) is 5. The molecule has 28 heavy (non-hydrogen) atoms. The van der Waals surface area contributed by atoms with Gasteiger partial charge in [0.05, 0.1) is 0 Å². The van der Waals surface area contributed by atoms with Crippen LogP contribution >= 0.6 is 11.8 Å². The van der Waals surface area contributed by atoms with Crippen LogP contribution in [-0.4, -0.2) is 78.3 Å². The molecule has 0 bridgehead atoms. The Labute approximate surface area is 174 Å². The van der Waals surface area contributed by atoms with Crippen LogP contribution in [0.5, 0.6) is 0 Å². The van der Waals surface area contributed by atoms with Crippen molar-refractivity contribution < 1.29 is 14.4 Å². The van der Waals surface area contributed by atoms with E-state index in [1.165, 1.54) is 0 Å². The Morgan fingerprint density at radius 1 is 1.00 bits per heavy atom. The Morgan fingerprint density at radius 3 is 2.14 bits per heavy atom. The Kier molecular flexibility index (Phi) is 16.3. The van der Waals surface area contributed by atoms with Gasteiger partial charge in [-0.05, 0) is 6.42 Å². The van der Waals surface area contributed by atoms with Crippen molar-refractivity contribution in [3.63, 3.8) is 0 Å². The maximum atomic E-state index is 12.2. The number of hydrogen-bond donors (Lipinski definition) is 2. The Bertz CT molecular complexity index is 508. The quantitative estimate of drug-likeness (QED) is 0.292. The highest BCUT2D eigenvalue weighted by molar-refractivity contribution is 7.99. The summed E-state index contributed by atoms with van der Waals surface area (Å²) in [4.78, 5) is 39.7. The third-order valence-electron chi connectivity index (χ3n) is 4.15. The minimum absolute atomic E-state index is 0.0167. The Morgan fingerprint density at radius 2 is 1.61 bits per heavy atom. The molecule has 3 N–H and O–H groups in total. The van der Waals surface area contributed by atoms with Crippen LogP contribution in [0, 0.1) is 12.3 Å². The molecule has 160 valence electrons. The molecule has 3 amide bonds. The molecule has 0 heterocycles. The van der Waals surface area contributed by atoms with E-state index in [0.717, 1.165) is 11.5 Å². The van der Waals surface area contributed by atoms with Crippen molar-refractivity contribution >= 4 is 29.5 Å². The van der Waals surface area contributed by atoms with E-state index in [0.29, 0.717) is 71.4 Å². The minimum Gasteiger partial charge on any atom is -0.354 e.